The number of nitrogens with zero attached hydrogens (tertiary/aromatic N) is 4. The van der Waals surface area contributed by atoms with Gasteiger partial charge in [0.25, 0.3) is 0 Å². The maximum absolute atomic E-state index is 13.3. The van der Waals surface area contributed by atoms with Crippen molar-refractivity contribution in [2.75, 3.05) is 29.2 Å². The summed E-state index contributed by atoms with van der Waals surface area (Å²) < 4.78 is 45.1. The standard InChI is InChI=1S/C21H22F3N5O2/c1-10-18-19(28(3)11(2)20(30)29(18)4)27-21(26-10)25-9-12-5-13(6-12)31-14-7-15(22)17(24)16(23)8-14/h7-9,11,13H,5-6H2,1-4H3,(H,25,26,27)/t11-,13?/m0/s1. The van der Waals surface area contributed by atoms with Crippen LogP contribution in [0.15, 0.2) is 23.9 Å². The van der Waals surface area contributed by atoms with E-state index >= 15 is 0 Å². The van der Waals surface area contributed by atoms with Crippen molar-refractivity contribution in [3.63, 3.8) is 0 Å². The third-order valence-corrected chi connectivity index (χ3v) is 5.62. The second-order valence-corrected chi connectivity index (χ2v) is 7.78. The van der Waals surface area contributed by atoms with E-state index in [9.17, 15) is 18.0 Å². The zero-order chi connectivity index (χ0) is 22.4. The van der Waals surface area contributed by atoms with Crippen molar-refractivity contribution in [1.82, 2.24) is 9.97 Å². The van der Waals surface area contributed by atoms with Gasteiger partial charge in [0.2, 0.25) is 11.9 Å². The number of likely N-dealkylation sites (N-methyl/N-ethyl adjacent to an activating group) is 2. The first-order chi connectivity index (χ1) is 14.7. The van der Waals surface area contributed by atoms with E-state index in [2.05, 4.69) is 15.3 Å². The Kier molecular flexibility index (Phi) is 5.24. The van der Waals surface area contributed by atoms with Crippen LogP contribution >= 0.6 is 0 Å². The third-order valence-electron chi connectivity index (χ3n) is 5.62. The van der Waals surface area contributed by atoms with E-state index in [0.29, 0.717) is 36.0 Å². The van der Waals surface area contributed by atoms with E-state index in [1.165, 1.54) is 0 Å². The van der Waals surface area contributed by atoms with E-state index in [1.807, 2.05) is 25.8 Å². The van der Waals surface area contributed by atoms with Crippen LogP contribution in [0.25, 0.3) is 0 Å². The van der Waals surface area contributed by atoms with Crippen LogP contribution in [0.1, 0.15) is 25.5 Å². The molecule has 1 N–H and O–H groups in total. The molecule has 0 saturated heterocycles. The summed E-state index contributed by atoms with van der Waals surface area (Å²) in [4.78, 5) is 24.7. The van der Waals surface area contributed by atoms with Gasteiger partial charge in [-0.2, -0.15) is 4.98 Å². The van der Waals surface area contributed by atoms with Gasteiger partial charge < -0.3 is 19.9 Å². The van der Waals surface area contributed by atoms with E-state index < -0.39 is 17.5 Å². The molecule has 0 unspecified atom stereocenters. The normalized spacial score (nSPS) is 20.4. The van der Waals surface area contributed by atoms with Gasteiger partial charge in [-0.25, -0.2) is 18.2 Å². The average Bonchev–Trinajstić information content (AvgIpc) is 2.69. The molecule has 1 fully saturated rings. The van der Waals surface area contributed by atoms with E-state index in [1.54, 1.807) is 18.1 Å². The van der Waals surface area contributed by atoms with Crippen molar-refractivity contribution < 1.29 is 22.7 Å². The van der Waals surface area contributed by atoms with Crippen molar-refractivity contribution in [2.24, 2.45) is 0 Å². The Hall–Kier alpha value is -3.30. The minimum absolute atomic E-state index is 0.0223. The highest BCUT2D eigenvalue weighted by Gasteiger charge is 2.34. The van der Waals surface area contributed by atoms with Gasteiger partial charge in [-0.1, -0.05) is 0 Å². The van der Waals surface area contributed by atoms with E-state index in [-0.39, 0.29) is 23.8 Å². The average molecular weight is 433 g/mol. The number of fused-ring (bicyclic) bond motifs is 1. The highest BCUT2D eigenvalue weighted by Crippen LogP contribution is 2.36. The number of halogens is 3. The number of amides is 1. The smallest absolute Gasteiger partial charge is 0.249 e. The summed E-state index contributed by atoms with van der Waals surface area (Å²) in [6.45, 7) is 3.64. The second-order valence-electron chi connectivity index (χ2n) is 7.78. The lowest BCUT2D eigenvalue weighted by Crippen LogP contribution is -2.49. The number of aryl methyl sites for hydroxylation is 1. The van der Waals surface area contributed by atoms with E-state index in [0.717, 1.165) is 17.7 Å². The number of carbonyl (C=O) groups is 1. The summed E-state index contributed by atoms with van der Waals surface area (Å²) in [5.74, 6) is -3.07. The Morgan fingerprint density at radius 2 is 1.81 bits per heavy atom. The maximum Gasteiger partial charge on any atom is 0.249 e. The van der Waals surface area contributed by atoms with Crippen LogP contribution in [-0.2, 0) is 4.79 Å². The molecule has 2 aliphatic rings. The van der Waals surface area contributed by atoms with Gasteiger partial charge in [0, 0.05) is 45.3 Å². The predicted octanol–water partition coefficient (Wildman–Crippen LogP) is 3.54. The molecule has 1 aliphatic heterocycles. The molecule has 1 atom stereocenters. The Bertz CT molecular complexity index is 1060. The minimum atomic E-state index is -1.51. The fraction of sp³-hybridized carbons (Fsp3) is 0.381. The van der Waals surface area contributed by atoms with E-state index in [4.69, 9.17) is 4.74 Å². The first-order valence-corrected chi connectivity index (χ1v) is 9.80. The quantitative estimate of drug-likeness (QED) is 0.744. The SMILES string of the molecule is Cc1nc(NC=C2CC(Oc3cc(F)c(F)c(F)c3)C2)nc2c1N(C)C(=O)[C@H](C)N2C. The largest absolute Gasteiger partial charge is 0.490 e. The second kappa shape index (κ2) is 7.75. The Morgan fingerprint density at radius 1 is 1.16 bits per heavy atom. The van der Waals surface area contributed by atoms with Crippen molar-refractivity contribution in [2.45, 2.75) is 38.8 Å². The molecule has 1 aliphatic carbocycles. The molecule has 10 heteroatoms. The lowest BCUT2D eigenvalue weighted by Gasteiger charge is -2.37. The molecule has 0 radical (unpaired) electrons. The topological polar surface area (TPSA) is 70.6 Å². The van der Waals surface area contributed by atoms with Gasteiger partial charge in [0.1, 0.15) is 23.6 Å². The highest BCUT2D eigenvalue weighted by molar-refractivity contribution is 6.04. The molecular weight excluding hydrogens is 411 g/mol. The fourth-order valence-corrected chi connectivity index (χ4v) is 3.68. The number of anilines is 3. The van der Waals surface area contributed by atoms with Crippen LogP contribution in [0.3, 0.4) is 0 Å². The van der Waals surface area contributed by atoms with Gasteiger partial charge in [0.05, 0.1) is 5.69 Å². The number of aromatic nitrogens is 2. The molecule has 164 valence electrons. The van der Waals surface area contributed by atoms with Gasteiger partial charge in [-0.3, -0.25) is 4.79 Å². The van der Waals surface area contributed by atoms with Gasteiger partial charge >= 0.3 is 0 Å². The van der Waals surface area contributed by atoms with Gasteiger partial charge in [-0.05, 0) is 19.4 Å². The lowest BCUT2D eigenvalue weighted by atomic mass is 9.89. The number of hydrogen-bond donors (Lipinski definition) is 1. The van der Waals surface area contributed by atoms with Crippen molar-refractivity contribution >= 4 is 23.4 Å². The van der Waals surface area contributed by atoms with Gasteiger partial charge in [-0.15, -0.1) is 0 Å². The summed E-state index contributed by atoms with van der Waals surface area (Å²) in [6.07, 6.45) is 2.61. The van der Waals surface area contributed by atoms with Crippen LogP contribution in [-0.4, -0.2) is 42.1 Å². The molecule has 31 heavy (non-hydrogen) atoms. The zero-order valence-corrected chi connectivity index (χ0v) is 17.5. The number of rotatable bonds is 4. The van der Waals surface area contributed by atoms with Crippen molar-refractivity contribution in [3.8, 4) is 5.75 Å². The predicted molar refractivity (Wildman–Crippen MR) is 110 cm³/mol. The first-order valence-electron chi connectivity index (χ1n) is 9.80. The molecule has 1 amide bonds. The molecule has 2 heterocycles. The van der Waals surface area contributed by atoms with Crippen LogP contribution in [0.2, 0.25) is 0 Å². The summed E-state index contributed by atoms with van der Waals surface area (Å²) >= 11 is 0. The molecule has 1 saturated carbocycles. The Morgan fingerprint density at radius 3 is 2.45 bits per heavy atom. The Labute approximate surface area is 177 Å². The lowest BCUT2D eigenvalue weighted by molar-refractivity contribution is -0.119. The summed E-state index contributed by atoms with van der Waals surface area (Å²) in [5.41, 5.74) is 2.37. The zero-order valence-electron chi connectivity index (χ0n) is 17.5. The highest BCUT2D eigenvalue weighted by atomic mass is 19.2. The van der Waals surface area contributed by atoms with Crippen molar-refractivity contribution in [1.29, 1.82) is 0 Å². The summed E-state index contributed by atoms with van der Waals surface area (Å²) in [6, 6.07) is 1.34. The summed E-state index contributed by atoms with van der Waals surface area (Å²) in [5, 5.41) is 3.07. The van der Waals surface area contributed by atoms with Crippen LogP contribution < -0.4 is 19.9 Å². The molecule has 4 rings (SSSR count). The molecule has 2 aromatic rings. The monoisotopic (exact) mass is 433 g/mol. The summed E-state index contributed by atoms with van der Waals surface area (Å²) in [7, 11) is 3.53. The maximum atomic E-state index is 13.3. The molecule has 0 bridgehead atoms. The van der Waals surface area contributed by atoms with Crippen LogP contribution in [0, 0.1) is 24.4 Å². The molecule has 0 spiro atoms. The number of nitrogens with one attached hydrogen (secondary N) is 1. The first kappa shape index (κ1) is 21.0. The number of ether oxygens (including phenoxy) is 1. The van der Waals surface area contributed by atoms with Crippen LogP contribution in [0.5, 0.6) is 5.75 Å². The number of benzene rings is 1. The number of hydrogen-bond acceptors (Lipinski definition) is 6. The Balaban J connectivity index is 1.42. The van der Waals surface area contributed by atoms with Crippen molar-refractivity contribution in [3.05, 3.63) is 47.1 Å². The third kappa shape index (κ3) is 3.77. The molecule has 1 aromatic heterocycles. The number of carbonyl (C=O) groups excluding carboxylic acids is 1. The van der Waals surface area contributed by atoms with Crippen LogP contribution in [0.4, 0.5) is 30.6 Å². The van der Waals surface area contributed by atoms with Gasteiger partial charge in [0.15, 0.2) is 23.3 Å². The minimum Gasteiger partial charge on any atom is -0.490 e. The molecule has 1 aromatic carbocycles. The molecule has 7 nitrogen and oxygen atoms in total. The molecular formula is C21H22F3N5O2. The fourth-order valence-electron chi connectivity index (χ4n) is 3.68.